The highest BCUT2D eigenvalue weighted by Crippen LogP contribution is 2.23. The van der Waals surface area contributed by atoms with Gasteiger partial charge in [-0.25, -0.2) is 4.98 Å². The molecule has 0 unspecified atom stereocenters. The van der Waals surface area contributed by atoms with Crippen molar-refractivity contribution < 1.29 is 10.1 Å². The number of halogens is 1. The smallest absolute Gasteiger partial charge is 0.279 e. The second-order valence-electron chi connectivity index (χ2n) is 6.67. The van der Waals surface area contributed by atoms with Crippen molar-refractivity contribution >= 4 is 34.5 Å². The quantitative estimate of drug-likeness (QED) is 0.509. The van der Waals surface area contributed by atoms with E-state index in [4.69, 9.17) is 11.6 Å². The van der Waals surface area contributed by atoms with Gasteiger partial charge >= 0.3 is 0 Å². The highest BCUT2D eigenvalue weighted by Gasteiger charge is 2.20. The molecule has 0 saturated heterocycles. The summed E-state index contributed by atoms with van der Waals surface area (Å²) in [6, 6.07) is 16.5. The lowest BCUT2D eigenvalue weighted by molar-refractivity contribution is -0.675. The number of quaternary nitrogens is 1. The third-order valence-corrected chi connectivity index (χ3v) is 5.84. The van der Waals surface area contributed by atoms with Crippen LogP contribution in [0.2, 0.25) is 5.15 Å². The number of rotatable bonds is 9. The molecule has 3 rings (SSSR count). The number of nitrogens with one attached hydrogen (secondary N) is 1. The van der Waals surface area contributed by atoms with Gasteiger partial charge in [0.25, 0.3) is 5.91 Å². The summed E-state index contributed by atoms with van der Waals surface area (Å²) in [6.45, 7) is 2.51. The Kier molecular flexibility index (Phi) is 7.60. The van der Waals surface area contributed by atoms with Gasteiger partial charge in [0.2, 0.25) is 0 Å². The molecular formula is C22H25ClN3OS+. The van der Waals surface area contributed by atoms with Crippen molar-refractivity contribution in [1.82, 2.24) is 4.98 Å². The fourth-order valence-electron chi connectivity index (χ4n) is 3.06. The van der Waals surface area contributed by atoms with Crippen LogP contribution in [0, 0.1) is 0 Å². The van der Waals surface area contributed by atoms with E-state index in [0.29, 0.717) is 17.4 Å². The molecule has 0 fully saturated rings. The highest BCUT2D eigenvalue weighted by atomic mass is 35.5. The molecule has 1 amide bonds. The van der Waals surface area contributed by atoms with Crippen molar-refractivity contribution in [3.05, 3.63) is 81.3 Å². The van der Waals surface area contributed by atoms with Gasteiger partial charge < -0.3 is 10.6 Å². The summed E-state index contributed by atoms with van der Waals surface area (Å²) >= 11 is 7.73. The Bertz CT molecular complexity index is 881. The molecule has 0 bridgehead atoms. The molecule has 28 heavy (non-hydrogen) atoms. The third-order valence-electron chi connectivity index (χ3n) is 4.58. The first-order valence-corrected chi connectivity index (χ1v) is 10.8. The maximum atomic E-state index is 12.4. The topological polar surface area (TPSA) is 58.6 Å². The molecule has 2 heterocycles. The van der Waals surface area contributed by atoms with Crippen LogP contribution >= 0.6 is 22.9 Å². The first-order valence-electron chi connectivity index (χ1n) is 9.53. The summed E-state index contributed by atoms with van der Waals surface area (Å²) in [4.78, 5) is 17.6. The Balaban J connectivity index is 1.67. The number of aryl methyl sites for hydroxylation is 1. The van der Waals surface area contributed by atoms with E-state index in [2.05, 4.69) is 58.3 Å². The number of carbonyl (C=O) groups excluding carboxylic acids is 1. The summed E-state index contributed by atoms with van der Waals surface area (Å²) in [5.74, 6) is -0.101. The zero-order valence-corrected chi connectivity index (χ0v) is 17.5. The lowest BCUT2D eigenvalue weighted by Crippen LogP contribution is -2.87. The van der Waals surface area contributed by atoms with Gasteiger partial charge in [-0.3, -0.25) is 4.79 Å². The number of benzene rings is 1. The molecule has 3 aromatic rings. The van der Waals surface area contributed by atoms with E-state index in [1.165, 1.54) is 28.8 Å². The van der Waals surface area contributed by atoms with Gasteiger partial charge in [0, 0.05) is 11.8 Å². The molecule has 0 aliphatic carbocycles. The average Bonchev–Trinajstić information content (AvgIpc) is 3.24. The van der Waals surface area contributed by atoms with Gasteiger partial charge in [-0.1, -0.05) is 55.3 Å². The number of pyridine rings is 1. The Morgan fingerprint density at radius 3 is 2.71 bits per heavy atom. The van der Waals surface area contributed by atoms with E-state index in [1.807, 2.05) is 6.07 Å². The minimum absolute atomic E-state index is 0.0929. The molecular weight excluding hydrogens is 390 g/mol. The van der Waals surface area contributed by atoms with Gasteiger partial charge in [0.1, 0.15) is 6.04 Å². The maximum Gasteiger partial charge on any atom is 0.279 e. The number of hydrogen-bond acceptors (Lipinski definition) is 3. The second kappa shape index (κ2) is 10.4. The largest absolute Gasteiger partial charge is 0.328 e. The second-order valence-corrected chi connectivity index (χ2v) is 8.01. The monoisotopic (exact) mass is 414 g/mol. The Labute approximate surface area is 175 Å². The fourth-order valence-corrected chi connectivity index (χ4v) is 4.08. The van der Waals surface area contributed by atoms with Crippen molar-refractivity contribution in [2.75, 3.05) is 11.9 Å². The maximum absolute atomic E-state index is 12.4. The number of thiophene rings is 1. The van der Waals surface area contributed by atoms with Crippen LogP contribution in [-0.2, 0) is 11.2 Å². The van der Waals surface area contributed by atoms with Crippen molar-refractivity contribution in [3.8, 4) is 0 Å². The molecule has 3 N–H and O–H groups in total. The molecule has 6 heteroatoms. The first kappa shape index (κ1) is 20.5. The van der Waals surface area contributed by atoms with Crippen LogP contribution in [-0.4, -0.2) is 17.4 Å². The van der Waals surface area contributed by atoms with Gasteiger partial charge in [-0.15, -0.1) is 11.3 Å². The minimum atomic E-state index is -0.101. The molecule has 0 aliphatic heterocycles. The van der Waals surface area contributed by atoms with E-state index in [-0.39, 0.29) is 11.9 Å². The molecule has 1 aromatic carbocycles. The molecule has 0 saturated carbocycles. The van der Waals surface area contributed by atoms with Crippen molar-refractivity contribution in [2.24, 2.45) is 0 Å². The van der Waals surface area contributed by atoms with Crippen LogP contribution < -0.4 is 10.6 Å². The number of hydrogen-bond donors (Lipinski definition) is 2. The Morgan fingerprint density at radius 2 is 2.04 bits per heavy atom. The zero-order chi connectivity index (χ0) is 19.8. The van der Waals surface area contributed by atoms with Crippen LogP contribution in [0.3, 0.4) is 0 Å². The minimum Gasteiger partial charge on any atom is -0.328 e. The van der Waals surface area contributed by atoms with E-state index in [1.54, 1.807) is 29.7 Å². The van der Waals surface area contributed by atoms with Crippen LogP contribution in [0.4, 0.5) is 5.69 Å². The van der Waals surface area contributed by atoms with Gasteiger partial charge in [0.05, 0.1) is 10.6 Å². The number of amides is 1. The van der Waals surface area contributed by atoms with Crippen molar-refractivity contribution in [2.45, 2.75) is 32.2 Å². The predicted molar refractivity (Wildman–Crippen MR) is 116 cm³/mol. The molecule has 146 valence electrons. The van der Waals surface area contributed by atoms with Gasteiger partial charge in [0.15, 0.2) is 11.7 Å². The van der Waals surface area contributed by atoms with Crippen molar-refractivity contribution in [1.29, 1.82) is 0 Å². The lowest BCUT2D eigenvalue weighted by atomic mass is 10.0. The van der Waals surface area contributed by atoms with Crippen LogP contribution in [0.5, 0.6) is 0 Å². The number of unbranched alkanes of at least 4 members (excludes halogenated alkanes) is 1. The van der Waals surface area contributed by atoms with Gasteiger partial charge in [-0.2, -0.15) is 0 Å². The predicted octanol–water partition coefficient (Wildman–Crippen LogP) is 4.43. The number of nitrogens with two attached hydrogens (primary N) is 1. The highest BCUT2D eigenvalue weighted by molar-refractivity contribution is 7.10. The fraction of sp³-hybridized carbons (Fsp3) is 0.273. The van der Waals surface area contributed by atoms with Crippen LogP contribution in [0.25, 0.3) is 0 Å². The van der Waals surface area contributed by atoms with E-state index in [0.717, 1.165) is 6.42 Å². The molecule has 0 aliphatic rings. The Morgan fingerprint density at radius 1 is 1.21 bits per heavy atom. The Hall–Kier alpha value is -2.21. The summed E-state index contributed by atoms with van der Waals surface area (Å²) in [7, 11) is 0. The SMILES string of the molecule is CCCCc1ccc([C@@H]([NH2+]CC(=O)Nc2cccnc2Cl)c2cccs2)cc1. The molecule has 0 radical (unpaired) electrons. The average molecular weight is 415 g/mol. The first-order chi connectivity index (χ1) is 13.7. The zero-order valence-electron chi connectivity index (χ0n) is 15.9. The molecule has 1 atom stereocenters. The van der Waals surface area contributed by atoms with Crippen molar-refractivity contribution in [3.63, 3.8) is 0 Å². The number of nitrogens with zero attached hydrogens (tertiary/aromatic N) is 1. The number of carbonyl (C=O) groups is 1. The molecule has 0 spiro atoms. The van der Waals surface area contributed by atoms with Crippen LogP contribution in [0.1, 0.15) is 41.8 Å². The summed E-state index contributed by atoms with van der Waals surface area (Å²) in [6.07, 6.45) is 5.11. The van der Waals surface area contributed by atoms with E-state index >= 15 is 0 Å². The van der Waals surface area contributed by atoms with E-state index < -0.39 is 0 Å². The summed E-state index contributed by atoms with van der Waals surface area (Å²) in [5.41, 5.74) is 3.10. The summed E-state index contributed by atoms with van der Waals surface area (Å²) < 4.78 is 0. The van der Waals surface area contributed by atoms with Crippen LogP contribution in [0.15, 0.2) is 60.1 Å². The third kappa shape index (κ3) is 5.64. The molecule has 2 aromatic heterocycles. The van der Waals surface area contributed by atoms with E-state index in [9.17, 15) is 4.79 Å². The number of aromatic nitrogens is 1. The summed E-state index contributed by atoms with van der Waals surface area (Å²) in [5, 5.41) is 7.27. The van der Waals surface area contributed by atoms with Gasteiger partial charge in [-0.05, 0) is 42.0 Å². The standard InChI is InChI=1S/C22H24ClN3OS/c1-2-3-6-16-9-11-17(12-10-16)21(19-8-5-14-28-19)25-15-20(27)26-18-7-4-13-24-22(18)23/h4-5,7-14,21,25H,2-3,6,15H2,1H3,(H,26,27)/p+1/t21-/m1/s1. The molecule has 4 nitrogen and oxygen atoms in total. The normalized spacial score (nSPS) is 11.9. The number of anilines is 1. The lowest BCUT2D eigenvalue weighted by Gasteiger charge is -2.15.